The predicted octanol–water partition coefficient (Wildman–Crippen LogP) is 4.48. The molecule has 28 heavy (non-hydrogen) atoms. The summed E-state index contributed by atoms with van der Waals surface area (Å²) < 4.78 is 0. The van der Waals surface area contributed by atoms with Crippen LogP contribution in [0.1, 0.15) is 30.5 Å². The molecule has 0 aliphatic rings. The van der Waals surface area contributed by atoms with Gasteiger partial charge in [-0.3, -0.25) is 4.99 Å². The van der Waals surface area contributed by atoms with Gasteiger partial charge in [0, 0.05) is 11.8 Å². The first-order valence-corrected chi connectivity index (χ1v) is 9.32. The summed E-state index contributed by atoms with van der Waals surface area (Å²) in [6, 6.07) is 23.2. The highest BCUT2D eigenvalue weighted by atomic mass is 16.3. The summed E-state index contributed by atoms with van der Waals surface area (Å²) in [6.07, 6.45) is 1.51. The lowest BCUT2D eigenvalue weighted by Crippen LogP contribution is -2.42. The van der Waals surface area contributed by atoms with Gasteiger partial charge >= 0.3 is 0 Å². The van der Waals surface area contributed by atoms with Gasteiger partial charge in [-0.05, 0) is 29.2 Å². The molecule has 3 rings (SSSR count). The van der Waals surface area contributed by atoms with Crippen LogP contribution in [0.25, 0.3) is 0 Å². The fourth-order valence-corrected chi connectivity index (χ4v) is 3.47. The molecule has 0 unspecified atom stereocenters. The zero-order chi connectivity index (χ0) is 20.1. The number of aromatic hydroxyl groups is 2. The van der Waals surface area contributed by atoms with Gasteiger partial charge in [-0.25, -0.2) is 0 Å². The van der Waals surface area contributed by atoms with E-state index in [4.69, 9.17) is 0 Å². The third kappa shape index (κ3) is 3.78. The maximum absolute atomic E-state index is 12.0. The van der Waals surface area contributed by atoms with E-state index in [1.807, 2.05) is 74.5 Å². The van der Waals surface area contributed by atoms with Crippen molar-refractivity contribution in [3.63, 3.8) is 0 Å². The molecule has 0 aliphatic heterocycles. The quantitative estimate of drug-likeness (QED) is 0.439. The van der Waals surface area contributed by atoms with E-state index in [0.29, 0.717) is 5.56 Å². The smallest absolute Gasteiger partial charge is 0.166 e. The van der Waals surface area contributed by atoms with Crippen molar-refractivity contribution in [3.8, 4) is 11.5 Å². The van der Waals surface area contributed by atoms with Crippen LogP contribution in [0, 0.1) is 5.92 Å². The molecule has 0 bridgehead atoms. The Kier molecular flexibility index (Phi) is 5.81. The molecule has 3 N–H and O–H groups in total. The number of aliphatic hydroxyl groups is 1. The van der Waals surface area contributed by atoms with Gasteiger partial charge in [-0.2, -0.15) is 0 Å². The minimum absolute atomic E-state index is 0.00103. The summed E-state index contributed by atoms with van der Waals surface area (Å²) in [5.41, 5.74) is 0.545. The number of aliphatic imine (C=N–C) groups is 1. The number of hydrogen-bond donors (Lipinski definition) is 3. The molecule has 0 heterocycles. The summed E-state index contributed by atoms with van der Waals surface area (Å²) in [4.78, 5) is 4.67. The third-order valence-electron chi connectivity index (χ3n) is 4.91. The van der Waals surface area contributed by atoms with Gasteiger partial charge in [0.1, 0.15) is 5.60 Å². The average molecular weight is 375 g/mol. The standard InChI is InChI=1S/C24H25NO3/c1-17(2)23(25-16-18-10-9-15-21(26)22(18)27)24(28,19-11-5-3-6-12-19)20-13-7-4-8-14-20/h3-17,23,26-28H,1-2H3/t23-/m0/s1. The van der Waals surface area contributed by atoms with Crippen LogP contribution in [-0.4, -0.2) is 27.6 Å². The second-order valence-electron chi connectivity index (χ2n) is 7.18. The van der Waals surface area contributed by atoms with E-state index in [2.05, 4.69) is 4.99 Å². The van der Waals surface area contributed by atoms with Crippen molar-refractivity contribution < 1.29 is 15.3 Å². The first kappa shape index (κ1) is 19.6. The fourth-order valence-electron chi connectivity index (χ4n) is 3.47. The zero-order valence-corrected chi connectivity index (χ0v) is 16.0. The molecule has 1 atom stereocenters. The fraction of sp³-hybridized carbons (Fsp3) is 0.208. The molecule has 0 saturated carbocycles. The Morgan fingerprint density at radius 3 is 1.82 bits per heavy atom. The molecule has 0 radical (unpaired) electrons. The molecule has 0 spiro atoms. The van der Waals surface area contributed by atoms with Crippen LogP contribution in [0.2, 0.25) is 0 Å². The molecule has 0 aliphatic carbocycles. The topological polar surface area (TPSA) is 73.1 Å². The van der Waals surface area contributed by atoms with E-state index in [0.717, 1.165) is 11.1 Å². The number of benzene rings is 3. The highest BCUT2D eigenvalue weighted by molar-refractivity contribution is 5.85. The summed E-state index contributed by atoms with van der Waals surface area (Å²) in [7, 11) is 0. The van der Waals surface area contributed by atoms with E-state index >= 15 is 0 Å². The van der Waals surface area contributed by atoms with Gasteiger partial charge in [-0.1, -0.05) is 80.6 Å². The van der Waals surface area contributed by atoms with Crippen molar-refractivity contribution in [2.24, 2.45) is 10.9 Å². The Hall–Kier alpha value is -3.11. The summed E-state index contributed by atoms with van der Waals surface area (Å²) >= 11 is 0. The molecule has 0 saturated heterocycles. The van der Waals surface area contributed by atoms with Crippen LogP contribution in [0.4, 0.5) is 0 Å². The van der Waals surface area contributed by atoms with Crippen molar-refractivity contribution in [2.45, 2.75) is 25.5 Å². The Morgan fingerprint density at radius 1 is 0.786 bits per heavy atom. The minimum atomic E-state index is -1.35. The van der Waals surface area contributed by atoms with Crippen molar-refractivity contribution in [3.05, 3.63) is 95.6 Å². The minimum Gasteiger partial charge on any atom is -0.504 e. The maximum Gasteiger partial charge on any atom is 0.166 e. The lowest BCUT2D eigenvalue weighted by Gasteiger charge is -2.37. The van der Waals surface area contributed by atoms with Crippen LogP contribution >= 0.6 is 0 Å². The van der Waals surface area contributed by atoms with Crippen molar-refractivity contribution in [1.82, 2.24) is 0 Å². The molecule has 4 heteroatoms. The van der Waals surface area contributed by atoms with Gasteiger partial charge in [0.15, 0.2) is 11.5 Å². The molecule has 0 fully saturated rings. The molecule has 144 valence electrons. The van der Waals surface area contributed by atoms with Gasteiger partial charge in [0.25, 0.3) is 0 Å². The molecule has 0 amide bonds. The molecule has 4 nitrogen and oxygen atoms in total. The Labute approximate surface area is 165 Å². The molecule has 3 aromatic carbocycles. The van der Waals surface area contributed by atoms with Gasteiger partial charge in [0.05, 0.1) is 6.04 Å². The Morgan fingerprint density at radius 2 is 1.32 bits per heavy atom. The monoisotopic (exact) mass is 375 g/mol. The second kappa shape index (κ2) is 8.28. The number of phenolic OH excluding ortho intramolecular Hbond substituents is 2. The van der Waals surface area contributed by atoms with E-state index < -0.39 is 11.6 Å². The number of nitrogens with zero attached hydrogens (tertiary/aromatic N) is 1. The predicted molar refractivity (Wildman–Crippen MR) is 112 cm³/mol. The lowest BCUT2D eigenvalue weighted by atomic mass is 9.76. The van der Waals surface area contributed by atoms with Gasteiger partial charge in [0.2, 0.25) is 0 Å². The zero-order valence-electron chi connectivity index (χ0n) is 16.0. The van der Waals surface area contributed by atoms with Crippen LogP contribution in [0.15, 0.2) is 83.9 Å². The van der Waals surface area contributed by atoms with Crippen LogP contribution in [0.5, 0.6) is 11.5 Å². The van der Waals surface area contributed by atoms with Crippen molar-refractivity contribution in [1.29, 1.82) is 0 Å². The Balaban J connectivity index is 2.13. The summed E-state index contributed by atoms with van der Waals surface area (Å²) in [5, 5.41) is 31.8. The number of para-hydroxylation sites is 1. The maximum atomic E-state index is 12.0. The van der Waals surface area contributed by atoms with Crippen LogP contribution in [0.3, 0.4) is 0 Å². The molecular formula is C24H25NO3. The van der Waals surface area contributed by atoms with E-state index in [9.17, 15) is 15.3 Å². The van der Waals surface area contributed by atoms with Crippen LogP contribution in [-0.2, 0) is 5.60 Å². The number of hydrogen-bond acceptors (Lipinski definition) is 4. The SMILES string of the molecule is CC(C)[C@H](N=Cc1cccc(O)c1O)C(O)(c1ccccc1)c1ccccc1. The van der Waals surface area contributed by atoms with Gasteiger partial charge in [-0.15, -0.1) is 0 Å². The van der Waals surface area contributed by atoms with E-state index in [1.54, 1.807) is 12.1 Å². The normalized spacial score (nSPS) is 13.1. The third-order valence-corrected chi connectivity index (χ3v) is 4.91. The van der Waals surface area contributed by atoms with Gasteiger partial charge < -0.3 is 15.3 Å². The van der Waals surface area contributed by atoms with Crippen molar-refractivity contribution >= 4 is 6.21 Å². The van der Waals surface area contributed by atoms with E-state index in [-0.39, 0.29) is 17.4 Å². The first-order chi connectivity index (χ1) is 13.4. The number of rotatable bonds is 6. The highest BCUT2D eigenvalue weighted by Gasteiger charge is 2.41. The molecule has 3 aromatic rings. The Bertz CT molecular complexity index is 897. The molecule has 0 aromatic heterocycles. The highest BCUT2D eigenvalue weighted by Crippen LogP contribution is 2.38. The molecular weight excluding hydrogens is 350 g/mol. The van der Waals surface area contributed by atoms with Crippen LogP contribution < -0.4 is 0 Å². The summed E-state index contributed by atoms with van der Waals surface area (Å²) in [5.74, 6) is -0.427. The average Bonchev–Trinajstić information content (AvgIpc) is 2.72. The second-order valence-corrected chi connectivity index (χ2v) is 7.18. The summed E-state index contributed by atoms with van der Waals surface area (Å²) in [6.45, 7) is 4.00. The largest absolute Gasteiger partial charge is 0.504 e. The van der Waals surface area contributed by atoms with Crippen molar-refractivity contribution in [2.75, 3.05) is 0 Å². The first-order valence-electron chi connectivity index (χ1n) is 9.32. The van der Waals surface area contributed by atoms with E-state index in [1.165, 1.54) is 12.3 Å². The number of phenols is 2. The lowest BCUT2D eigenvalue weighted by molar-refractivity contribution is 0.0366.